The normalized spacial score (nSPS) is 41.0. The summed E-state index contributed by atoms with van der Waals surface area (Å²) in [5.74, 6) is 0.378. The summed E-state index contributed by atoms with van der Waals surface area (Å²) in [5, 5.41) is 31.9. The monoisotopic (exact) mass is 519 g/mol. The Labute approximate surface area is 219 Å². The van der Waals surface area contributed by atoms with Crippen LogP contribution in [0.2, 0.25) is 0 Å². The molecule has 0 saturated heterocycles. The van der Waals surface area contributed by atoms with Gasteiger partial charge in [-0.15, -0.1) is 0 Å². The SMILES string of the molecule is COc1nc(F)ccc1[C@H](O)CC[C@@H](C)[C@H]1CC[C@H]2C3=C(F)C[C@H]4[C@@H](O)[C@@H](O)CC[C@]4(C)[C@H]3CC[C@]12C. The van der Waals surface area contributed by atoms with Crippen LogP contribution in [-0.2, 0) is 0 Å². The number of aliphatic hydroxyl groups excluding tert-OH is 3. The van der Waals surface area contributed by atoms with E-state index in [1.54, 1.807) is 0 Å². The molecule has 5 rings (SSSR count). The van der Waals surface area contributed by atoms with Gasteiger partial charge in [0.05, 0.1) is 25.4 Å². The van der Waals surface area contributed by atoms with E-state index < -0.39 is 24.3 Å². The molecule has 5 nitrogen and oxygen atoms in total. The molecule has 0 radical (unpaired) electrons. The molecule has 37 heavy (non-hydrogen) atoms. The molecular formula is C30H43F2NO4. The Morgan fingerprint density at radius 2 is 1.73 bits per heavy atom. The molecule has 3 fully saturated rings. The molecule has 10 atom stereocenters. The van der Waals surface area contributed by atoms with Gasteiger partial charge in [0.25, 0.3) is 0 Å². The number of aromatic nitrogens is 1. The predicted molar refractivity (Wildman–Crippen MR) is 137 cm³/mol. The molecule has 0 bridgehead atoms. The standard InChI is InChI=1S/C30H43F2NO4/c1-16(5-9-23(34)17-6-10-25(32)33-28(17)37-4)18-7-8-19-26-20(11-13-29(18,19)2)30(3)14-12-24(35)27(36)21(30)15-22(26)31/h6,10,16,18-21,23-24,27,34-36H,5,7-9,11-15H2,1-4H3/t16-,18-,19+,20+,21+,23-,24+,27-,29-,30-/m1/s1. The Bertz CT molecular complexity index is 1050. The maximum Gasteiger partial charge on any atom is 0.221 e. The molecular weight excluding hydrogens is 476 g/mol. The average Bonchev–Trinajstić information content (AvgIpc) is 3.23. The Hall–Kier alpha value is -1.57. The summed E-state index contributed by atoms with van der Waals surface area (Å²) in [7, 11) is 1.42. The van der Waals surface area contributed by atoms with E-state index >= 15 is 4.39 Å². The third kappa shape index (κ3) is 4.33. The number of nitrogens with zero attached hydrogens (tertiary/aromatic N) is 1. The molecule has 0 aliphatic heterocycles. The predicted octanol–water partition coefficient (Wildman–Crippen LogP) is 5.89. The molecule has 0 amide bonds. The lowest BCUT2D eigenvalue weighted by atomic mass is 9.47. The minimum atomic E-state index is -0.850. The Kier molecular flexibility index (Phi) is 7.21. The third-order valence-corrected chi connectivity index (χ3v) is 11.3. The van der Waals surface area contributed by atoms with Crippen molar-refractivity contribution in [3.05, 3.63) is 35.0 Å². The van der Waals surface area contributed by atoms with Gasteiger partial charge in [-0.05, 0) is 109 Å². The van der Waals surface area contributed by atoms with Gasteiger partial charge in [0.15, 0.2) is 0 Å². The number of hydrogen-bond acceptors (Lipinski definition) is 5. The van der Waals surface area contributed by atoms with Crippen LogP contribution in [0.3, 0.4) is 0 Å². The van der Waals surface area contributed by atoms with Crippen LogP contribution in [-0.4, -0.2) is 39.6 Å². The van der Waals surface area contributed by atoms with Crippen molar-refractivity contribution >= 4 is 0 Å². The second-order valence-electron chi connectivity index (χ2n) is 12.9. The van der Waals surface area contributed by atoms with Gasteiger partial charge in [-0.25, -0.2) is 4.39 Å². The quantitative estimate of drug-likeness (QED) is 0.409. The molecule has 1 heterocycles. The topological polar surface area (TPSA) is 82.8 Å². The van der Waals surface area contributed by atoms with Gasteiger partial charge >= 0.3 is 0 Å². The van der Waals surface area contributed by atoms with E-state index in [1.807, 2.05) is 0 Å². The number of halogens is 2. The van der Waals surface area contributed by atoms with Crippen LogP contribution in [0.25, 0.3) is 0 Å². The van der Waals surface area contributed by atoms with E-state index in [0.29, 0.717) is 30.2 Å². The highest BCUT2D eigenvalue weighted by atomic mass is 19.1. The first-order chi connectivity index (χ1) is 17.5. The van der Waals surface area contributed by atoms with E-state index in [1.165, 1.54) is 19.2 Å². The van der Waals surface area contributed by atoms with Crippen LogP contribution in [0, 0.1) is 46.4 Å². The second-order valence-corrected chi connectivity index (χ2v) is 12.9. The average molecular weight is 520 g/mol. The number of hydrogen-bond donors (Lipinski definition) is 3. The first-order valence-electron chi connectivity index (χ1n) is 14.1. The van der Waals surface area contributed by atoms with Gasteiger partial charge in [-0.2, -0.15) is 9.37 Å². The smallest absolute Gasteiger partial charge is 0.221 e. The van der Waals surface area contributed by atoms with Crippen molar-refractivity contribution in [1.29, 1.82) is 0 Å². The number of fused-ring (bicyclic) bond motifs is 5. The summed E-state index contributed by atoms with van der Waals surface area (Å²) >= 11 is 0. The Morgan fingerprint density at radius 1 is 1.03 bits per heavy atom. The minimum absolute atomic E-state index is 0.0126. The van der Waals surface area contributed by atoms with Crippen LogP contribution in [0.1, 0.15) is 90.2 Å². The summed E-state index contributed by atoms with van der Waals surface area (Å²) in [6, 6.07) is 2.78. The van der Waals surface area contributed by atoms with Gasteiger partial charge < -0.3 is 20.1 Å². The lowest BCUT2D eigenvalue weighted by Gasteiger charge is -2.59. The number of methoxy groups -OCH3 is 1. The maximum absolute atomic E-state index is 15.8. The van der Waals surface area contributed by atoms with Crippen molar-refractivity contribution in [2.45, 2.75) is 96.9 Å². The first-order valence-corrected chi connectivity index (χ1v) is 14.1. The fraction of sp³-hybridized carbons (Fsp3) is 0.767. The van der Waals surface area contributed by atoms with Crippen LogP contribution < -0.4 is 4.74 Å². The van der Waals surface area contributed by atoms with Gasteiger partial charge in [-0.3, -0.25) is 0 Å². The maximum atomic E-state index is 15.8. The van der Waals surface area contributed by atoms with Crippen molar-refractivity contribution in [2.24, 2.45) is 40.4 Å². The number of rotatable bonds is 6. The van der Waals surface area contributed by atoms with Crippen LogP contribution in [0.15, 0.2) is 23.5 Å². The molecule has 0 aromatic carbocycles. The van der Waals surface area contributed by atoms with Gasteiger partial charge in [0, 0.05) is 12.0 Å². The second kappa shape index (κ2) is 9.87. The lowest BCUT2D eigenvalue weighted by molar-refractivity contribution is -0.128. The zero-order valence-electron chi connectivity index (χ0n) is 22.6. The van der Waals surface area contributed by atoms with Crippen LogP contribution in [0.5, 0.6) is 5.88 Å². The van der Waals surface area contributed by atoms with Crippen molar-refractivity contribution in [2.75, 3.05) is 7.11 Å². The molecule has 0 spiro atoms. The summed E-state index contributed by atoms with van der Waals surface area (Å²) in [6.07, 6.45) is 4.60. The summed E-state index contributed by atoms with van der Waals surface area (Å²) in [4.78, 5) is 3.75. The highest BCUT2D eigenvalue weighted by Gasteiger charge is 2.61. The summed E-state index contributed by atoms with van der Waals surface area (Å²) < 4.78 is 34.5. The van der Waals surface area contributed by atoms with E-state index in [2.05, 4.69) is 25.8 Å². The number of allylic oxidation sites excluding steroid dienone is 2. The fourth-order valence-electron chi connectivity index (χ4n) is 9.18. The molecule has 4 aliphatic carbocycles. The molecule has 1 aromatic heterocycles. The zero-order chi connectivity index (χ0) is 26.7. The Balaban J connectivity index is 1.32. The zero-order valence-corrected chi connectivity index (χ0v) is 22.6. The van der Waals surface area contributed by atoms with Gasteiger partial charge in [0.1, 0.15) is 5.83 Å². The molecule has 0 unspecified atom stereocenters. The molecule has 7 heteroatoms. The van der Waals surface area contributed by atoms with Gasteiger partial charge in [-0.1, -0.05) is 20.8 Å². The number of pyridine rings is 1. The third-order valence-electron chi connectivity index (χ3n) is 11.3. The van der Waals surface area contributed by atoms with Gasteiger partial charge in [0.2, 0.25) is 11.8 Å². The molecule has 3 saturated carbocycles. The van der Waals surface area contributed by atoms with E-state index in [4.69, 9.17) is 4.74 Å². The van der Waals surface area contributed by atoms with E-state index in [9.17, 15) is 19.7 Å². The van der Waals surface area contributed by atoms with Crippen LogP contribution in [0.4, 0.5) is 8.78 Å². The lowest BCUT2D eigenvalue weighted by Crippen LogP contribution is -2.55. The van der Waals surface area contributed by atoms with Crippen LogP contribution >= 0.6 is 0 Å². The van der Waals surface area contributed by atoms with E-state index in [0.717, 1.165) is 44.1 Å². The molecule has 4 aliphatic rings. The molecule has 206 valence electrons. The minimum Gasteiger partial charge on any atom is -0.481 e. The molecule has 3 N–H and O–H groups in total. The Morgan fingerprint density at radius 3 is 2.46 bits per heavy atom. The first kappa shape index (κ1) is 27.0. The van der Waals surface area contributed by atoms with Crippen molar-refractivity contribution in [1.82, 2.24) is 4.98 Å². The van der Waals surface area contributed by atoms with Crippen molar-refractivity contribution in [3.8, 4) is 5.88 Å². The van der Waals surface area contributed by atoms with Crippen molar-refractivity contribution in [3.63, 3.8) is 0 Å². The summed E-state index contributed by atoms with van der Waals surface area (Å²) in [6.45, 7) is 6.82. The summed E-state index contributed by atoms with van der Waals surface area (Å²) in [5.41, 5.74) is 1.37. The highest BCUT2D eigenvalue weighted by Crippen LogP contribution is 2.68. The number of aliphatic hydroxyl groups is 3. The fourth-order valence-corrected chi connectivity index (χ4v) is 9.18. The number of ether oxygens (including phenoxy) is 1. The van der Waals surface area contributed by atoms with Crippen molar-refractivity contribution < 1.29 is 28.8 Å². The van der Waals surface area contributed by atoms with E-state index in [-0.39, 0.29) is 46.7 Å². The highest BCUT2D eigenvalue weighted by molar-refractivity contribution is 5.31. The molecule has 1 aromatic rings. The largest absolute Gasteiger partial charge is 0.481 e.